The van der Waals surface area contributed by atoms with E-state index in [0.717, 1.165) is 16.5 Å². The van der Waals surface area contributed by atoms with Crippen LogP contribution in [0.1, 0.15) is 0 Å². The van der Waals surface area contributed by atoms with Gasteiger partial charge in [0, 0.05) is 10.7 Å². The molecule has 0 aliphatic rings. The molecule has 3 aromatic carbocycles. The lowest BCUT2D eigenvalue weighted by molar-refractivity contribution is 0.465. The van der Waals surface area contributed by atoms with E-state index in [-0.39, 0.29) is 0 Å². The first-order valence-corrected chi connectivity index (χ1v) is 8.36. The van der Waals surface area contributed by atoms with E-state index in [4.69, 9.17) is 22.1 Å². The maximum Gasteiger partial charge on any atom is 0.248 e. The summed E-state index contributed by atoms with van der Waals surface area (Å²) in [5.74, 6) is 1.43. The molecule has 0 spiro atoms. The van der Waals surface area contributed by atoms with Crippen molar-refractivity contribution in [2.45, 2.75) is 0 Å². The van der Waals surface area contributed by atoms with Gasteiger partial charge in [-0.15, -0.1) is 0 Å². The molecule has 4 aromatic rings. The second-order valence-corrected chi connectivity index (χ2v) is 6.12. The zero-order valence-corrected chi connectivity index (χ0v) is 14.4. The van der Waals surface area contributed by atoms with E-state index in [1.54, 1.807) is 12.1 Å². The third-order valence-electron chi connectivity index (χ3n) is 3.89. The maximum absolute atomic E-state index is 6.18. The molecule has 6 heteroatoms. The van der Waals surface area contributed by atoms with Crippen molar-refractivity contribution in [2.24, 2.45) is 0 Å². The van der Waals surface area contributed by atoms with Crippen LogP contribution in [0.25, 0.3) is 10.8 Å². The van der Waals surface area contributed by atoms with Crippen molar-refractivity contribution in [3.8, 4) is 11.6 Å². The fraction of sp³-hybridized carbons (Fsp3) is 0. The van der Waals surface area contributed by atoms with Crippen LogP contribution in [0.4, 0.5) is 17.2 Å². The molecule has 0 amide bonds. The molecule has 5 nitrogen and oxygen atoms in total. The van der Waals surface area contributed by atoms with E-state index in [1.165, 1.54) is 6.33 Å². The van der Waals surface area contributed by atoms with Gasteiger partial charge >= 0.3 is 0 Å². The molecule has 1 heterocycles. The van der Waals surface area contributed by atoms with Gasteiger partial charge < -0.3 is 15.8 Å². The van der Waals surface area contributed by atoms with E-state index in [9.17, 15) is 0 Å². The molecule has 0 fully saturated rings. The van der Waals surface area contributed by atoms with Gasteiger partial charge in [-0.1, -0.05) is 41.9 Å². The topological polar surface area (TPSA) is 73.1 Å². The van der Waals surface area contributed by atoms with Crippen LogP contribution in [-0.2, 0) is 0 Å². The van der Waals surface area contributed by atoms with Crippen LogP contribution in [0.5, 0.6) is 11.6 Å². The monoisotopic (exact) mass is 362 g/mol. The largest absolute Gasteiger partial charge is 0.437 e. The van der Waals surface area contributed by atoms with Gasteiger partial charge in [-0.3, -0.25) is 0 Å². The lowest BCUT2D eigenvalue weighted by Gasteiger charge is -2.12. The lowest BCUT2D eigenvalue weighted by atomic mass is 10.1. The number of anilines is 3. The Kier molecular flexibility index (Phi) is 4.29. The van der Waals surface area contributed by atoms with Crippen molar-refractivity contribution < 1.29 is 4.74 Å². The highest BCUT2D eigenvalue weighted by Crippen LogP contribution is 2.32. The molecule has 0 radical (unpaired) electrons. The molecular formula is C20H15ClN4O. The molecule has 0 aliphatic carbocycles. The highest BCUT2D eigenvalue weighted by atomic mass is 35.5. The molecule has 0 atom stereocenters. The number of fused-ring (bicyclic) bond motifs is 1. The molecule has 0 bridgehead atoms. The molecular weight excluding hydrogens is 348 g/mol. The number of nitrogen functional groups attached to an aromatic ring is 1. The molecule has 1 aromatic heterocycles. The summed E-state index contributed by atoms with van der Waals surface area (Å²) in [6.07, 6.45) is 1.41. The number of ether oxygens (including phenoxy) is 1. The second-order valence-electron chi connectivity index (χ2n) is 5.68. The zero-order chi connectivity index (χ0) is 17.9. The van der Waals surface area contributed by atoms with Crippen molar-refractivity contribution in [1.82, 2.24) is 9.97 Å². The molecule has 26 heavy (non-hydrogen) atoms. The van der Waals surface area contributed by atoms with E-state index < -0.39 is 0 Å². The van der Waals surface area contributed by atoms with Crippen molar-refractivity contribution >= 4 is 39.6 Å². The van der Waals surface area contributed by atoms with Gasteiger partial charge in [0.2, 0.25) is 5.88 Å². The minimum atomic E-state index is 0.298. The Balaban J connectivity index is 1.61. The van der Waals surface area contributed by atoms with Gasteiger partial charge in [-0.2, -0.15) is 4.98 Å². The van der Waals surface area contributed by atoms with Crippen molar-refractivity contribution in [3.05, 3.63) is 78.1 Å². The summed E-state index contributed by atoms with van der Waals surface area (Å²) in [4.78, 5) is 8.34. The summed E-state index contributed by atoms with van der Waals surface area (Å²) in [7, 11) is 0. The lowest BCUT2D eigenvalue weighted by Crippen LogP contribution is -2.03. The Morgan fingerprint density at radius 2 is 1.65 bits per heavy atom. The van der Waals surface area contributed by atoms with Gasteiger partial charge in [0.05, 0.1) is 0 Å². The number of halogens is 1. The molecule has 128 valence electrons. The Labute approximate surface area is 155 Å². The number of benzene rings is 3. The molecule has 0 aliphatic heterocycles. The first-order valence-electron chi connectivity index (χ1n) is 7.99. The van der Waals surface area contributed by atoms with Crippen LogP contribution >= 0.6 is 11.6 Å². The summed E-state index contributed by atoms with van der Waals surface area (Å²) >= 11 is 5.90. The van der Waals surface area contributed by atoms with E-state index in [0.29, 0.717) is 28.2 Å². The van der Waals surface area contributed by atoms with Crippen LogP contribution in [0.2, 0.25) is 5.02 Å². The number of rotatable bonds is 4. The Morgan fingerprint density at radius 3 is 2.46 bits per heavy atom. The molecule has 0 unspecified atom stereocenters. The standard InChI is InChI=1S/C20H15ClN4O/c21-15-6-8-16(9-7-15)25-19-18(22)20(24-12-23-19)26-17-10-5-13-3-1-2-4-14(13)11-17/h1-12H,22H2,(H,23,24,25). The average molecular weight is 363 g/mol. The Bertz CT molecular complexity index is 1070. The Morgan fingerprint density at radius 1 is 0.885 bits per heavy atom. The zero-order valence-electron chi connectivity index (χ0n) is 13.7. The van der Waals surface area contributed by atoms with Crippen molar-refractivity contribution in [2.75, 3.05) is 11.1 Å². The summed E-state index contributed by atoms with van der Waals surface area (Å²) in [5.41, 5.74) is 7.33. The van der Waals surface area contributed by atoms with Crippen molar-refractivity contribution in [3.63, 3.8) is 0 Å². The predicted molar refractivity (Wildman–Crippen MR) is 105 cm³/mol. The number of nitrogens with zero attached hydrogens (tertiary/aromatic N) is 2. The minimum Gasteiger partial charge on any atom is -0.437 e. The summed E-state index contributed by atoms with van der Waals surface area (Å²) in [6.45, 7) is 0. The Hall–Kier alpha value is -3.31. The third kappa shape index (κ3) is 3.38. The van der Waals surface area contributed by atoms with Crippen molar-refractivity contribution in [1.29, 1.82) is 0 Å². The summed E-state index contributed by atoms with van der Waals surface area (Å²) < 4.78 is 5.88. The SMILES string of the molecule is Nc1c(Nc2ccc(Cl)cc2)ncnc1Oc1ccc2ccccc2c1. The molecule has 4 rings (SSSR count). The van der Waals surface area contributed by atoms with Crippen LogP contribution in [0.3, 0.4) is 0 Å². The van der Waals surface area contributed by atoms with Gasteiger partial charge in [-0.25, -0.2) is 4.98 Å². The molecule has 0 saturated heterocycles. The van der Waals surface area contributed by atoms with E-state index >= 15 is 0 Å². The van der Waals surface area contributed by atoms with E-state index in [2.05, 4.69) is 15.3 Å². The highest BCUT2D eigenvalue weighted by Gasteiger charge is 2.11. The minimum absolute atomic E-state index is 0.298. The number of aromatic nitrogens is 2. The second kappa shape index (κ2) is 6.90. The molecule has 0 saturated carbocycles. The fourth-order valence-corrected chi connectivity index (χ4v) is 2.70. The quantitative estimate of drug-likeness (QED) is 0.508. The maximum atomic E-state index is 6.18. The van der Waals surface area contributed by atoms with Gasteiger partial charge in [-0.05, 0) is 47.2 Å². The van der Waals surface area contributed by atoms with E-state index in [1.807, 2.05) is 54.6 Å². The summed E-state index contributed by atoms with van der Waals surface area (Å²) in [6, 6.07) is 21.1. The summed E-state index contributed by atoms with van der Waals surface area (Å²) in [5, 5.41) is 6.02. The fourth-order valence-electron chi connectivity index (χ4n) is 2.57. The number of hydrogen-bond donors (Lipinski definition) is 2. The highest BCUT2D eigenvalue weighted by molar-refractivity contribution is 6.30. The van der Waals surface area contributed by atoms with Gasteiger partial charge in [0.1, 0.15) is 17.8 Å². The average Bonchev–Trinajstić information content (AvgIpc) is 2.67. The van der Waals surface area contributed by atoms with Gasteiger partial charge in [0.25, 0.3) is 0 Å². The van der Waals surface area contributed by atoms with Crippen LogP contribution in [0, 0.1) is 0 Å². The first-order chi connectivity index (χ1) is 12.7. The third-order valence-corrected chi connectivity index (χ3v) is 4.14. The number of nitrogens with two attached hydrogens (primary N) is 1. The molecule has 3 N–H and O–H groups in total. The first kappa shape index (κ1) is 16.2. The number of hydrogen-bond acceptors (Lipinski definition) is 5. The predicted octanol–water partition coefficient (Wildman–Crippen LogP) is 5.40. The van der Waals surface area contributed by atoms with Gasteiger partial charge in [0.15, 0.2) is 5.82 Å². The van der Waals surface area contributed by atoms with Crippen LogP contribution < -0.4 is 15.8 Å². The smallest absolute Gasteiger partial charge is 0.248 e. The normalized spacial score (nSPS) is 10.7. The number of nitrogens with one attached hydrogen (secondary N) is 1. The van der Waals surface area contributed by atoms with Crippen LogP contribution in [0.15, 0.2) is 73.1 Å². The van der Waals surface area contributed by atoms with Crippen LogP contribution in [-0.4, -0.2) is 9.97 Å².